The molecule has 21 heavy (non-hydrogen) atoms. The van der Waals surface area contributed by atoms with Crippen molar-refractivity contribution in [3.8, 4) is 5.75 Å². The minimum absolute atomic E-state index is 0.0989. The summed E-state index contributed by atoms with van der Waals surface area (Å²) in [6.07, 6.45) is 2.09. The van der Waals surface area contributed by atoms with Crippen molar-refractivity contribution in [3.63, 3.8) is 0 Å². The van der Waals surface area contributed by atoms with Crippen LogP contribution in [0.4, 0.5) is 4.39 Å². The van der Waals surface area contributed by atoms with Gasteiger partial charge in [-0.2, -0.15) is 0 Å². The van der Waals surface area contributed by atoms with Crippen molar-refractivity contribution in [1.29, 1.82) is 0 Å². The Kier molecular flexibility index (Phi) is 5.04. The van der Waals surface area contributed by atoms with Crippen molar-refractivity contribution in [1.82, 2.24) is 0 Å². The number of rotatable bonds is 4. The lowest BCUT2D eigenvalue weighted by molar-refractivity contribution is 0.0281. The smallest absolute Gasteiger partial charge is 0.150 e. The summed E-state index contributed by atoms with van der Waals surface area (Å²) < 4.78 is 20.3. The summed E-state index contributed by atoms with van der Waals surface area (Å²) in [6, 6.07) is 3.43. The maximum Gasteiger partial charge on any atom is 0.150 e. The second-order valence-electron chi connectivity index (χ2n) is 6.15. The standard InChI is InChI=1S/C16H21BrFNO2/c1-10-5-4-8-19-15(10)11-6-7-12(13(17)14(11)18)21-9-16(2,3)20/h6-7,10,20H,4-5,8-9H2,1-3H3. The lowest BCUT2D eigenvalue weighted by Crippen LogP contribution is -2.28. The number of halogens is 2. The number of hydrogen-bond acceptors (Lipinski definition) is 3. The molecule has 1 aromatic carbocycles. The molecule has 0 spiro atoms. The Morgan fingerprint density at radius 3 is 2.81 bits per heavy atom. The molecule has 0 bridgehead atoms. The van der Waals surface area contributed by atoms with Crippen LogP contribution in [0.25, 0.3) is 0 Å². The molecule has 1 N–H and O–H groups in total. The van der Waals surface area contributed by atoms with Crippen molar-refractivity contribution < 1.29 is 14.2 Å². The van der Waals surface area contributed by atoms with Crippen molar-refractivity contribution in [2.24, 2.45) is 10.9 Å². The third kappa shape index (κ3) is 4.04. The van der Waals surface area contributed by atoms with E-state index in [1.807, 2.05) is 0 Å². The molecule has 0 aromatic heterocycles. The van der Waals surface area contributed by atoms with E-state index in [0.29, 0.717) is 11.3 Å². The van der Waals surface area contributed by atoms with E-state index in [0.717, 1.165) is 25.1 Å². The van der Waals surface area contributed by atoms with Gasteiger partial charge in [-0.05, 0) is 60.7 Å². The van der Waals surface area contributed by atoms with Gasteiger partial charge in [0.15, 0.2) is 0 Å². The highest BCUT2D eigenvalue weighted by molar-refractivity contribution is 9.10. The van der Waals surface area contributed by atoms with E-state index in [1.54, 1.807) is 26.0 Å². The first kappa shape index (κ1) is 16.4. The van der Waals surface area contributed by atoms with Crippen LogP contribution in [0.15, 0.2) is 21.6 Å². The molecule has 5 heteroatoms. The van der Waals surface area contributed by atoms with Crippen LogP contribution in [0.1, 0.15) is 39.2 Å². The second kappa shape index (κ2) is 6.44. The zero-order valence-electron chi connectivity index (χ0n) is 12.6. The number of benzene rings is 1. The zero-order chi connectivity index (χ0) is 15.6. The molecule has 1 aliphatic rings. The first-order chi connectivity index (χ1) is 9.79. The highest BCUT2D eigenvalue weighted by Gasteiger charge is 2.23. The third-order valence-corrected chi connectivity index (χ3v) is 4.19. The van der Waals surface area contributed by atoms with Gasteiger partial charge in [0.05, 0.1) is 10.1 Å². The molecule has 0 saturated heterocycles. The summed E-state index contributed by atoms with van der Waals surface area (Å²) in [6.45, 7) is 6.22. The van der Waals surface area contributed by atoms with E-state index < -0.39 is 5.60 Å². The minimum Gasteiger partial charge on any atom is -0.489 e. The molecular formula is C16H21BrFNO2. The zero-order valence-corrected chi connectivity index (χ0v) is 14.2. The first-order valence-corrected chi connectivity index (χ1v) is 7.97. The fraction of sp³-hybridized carbons (Fsp3) is 0.562. The molecule has 2 rings (SSSR count). The van der Waals surface area contributed by atoms with Gasteiger partial charge in [0.1, 0.15) is 18.2 Å². The van der Waals surface area contributed by atoms with Crippen LogP contribution >= 0.6 is 15.9 Å². The topological polar surface area (TPSA) is 41.8 Å². The number of aliphatic imine (C=N–C) groups is 1. The number of hydrogen-bond donors (Lipinski definition) is 1. The Morgan fingerprint density at radius 2 is 2.19 bits per heavy atom. The van der Waals surface area contributed by atoms with Crippen LogP contribution in [-0.4, -0.2) is 29.6 Å². The number of ether oxygens (including phenoxy) is 1. The molecule has 1 aromatic rings. The quantitative estimate of drug-likeness (QED) is 0.885. The Morgan fingerprint density at radius 1 is 1.48 bits per heavy atom. The van der Waals surface area contributed by atoms with Gasteiger partial charge < -0.3 is 9.84 Å². The van der Waals surface area contributed by atoms with Crippen LogP contribution < -0.4 is 4.74 Å². The Balaban J connectivity index is 2.27. The molecule has 1 unspecified atom stereocenters. The predicted octanol–water partition coefficient (Wildman–Crippen LogP) is 3.96. The normalized spacial score (nSPS) is 19.3. The molecule has 0 aliphatic carbocycles. The van der Waals surface area contributed by atoms with Crippen molar-refractivity contribution in [3.05, 3.63) is 28.0 Å². The summed E-state index contributed by atoms with van der Waals surface area (Å²) >= 11 is 3.25. The summed E-state index contributed by atoms with van der Waals surface area (Å²) in [7, 11) is 0. The summed E-state index contributed by atoms with van der Waals surface area (Å²) in [4.78, 5) is 4.47. The Bertz CT molecular complexity index is 552. The average molecular weight is 358 g/mol. The SMILES string of the molecule is CC1CCCN=C1c1ccc(OCC(C)(C)O)c(Br)c1F. The number of aliphatic hydroxyl groups is 1. The van der Waals surface area contributed by atoms with Crippen LogP contribution in [0.5, 0.6) is 5.75 Å². The van der Waals surface area contributed by atoms with Crippen LogP contribution in [0, 0.1) is 11.7 Å². The molecule has 1 aliphatic heterocycles. The third-order valence-electron chi connectivity index (χ3n) is 3.45. The largest absolute Gasteiger partial charge is 0.489 e. The minimum atomic E-state index is -0.962. The second-order valence-corrected chi connectivity index (χ2v) is 6.94. The molecule has 0 fully saturated rings. The van der Waals surface area contributed by atoms with Gasteiger partial charge in [-0.25, -0.2) is 4.39 Å². The summed E-state index contributed by atoms with van der Waals surface area (Å²) in [5, 5.41) is 9.68. The Labute approximate surface area is 133 Å². The maximum atomic E-state index is 14.6. The van der Waals surface area contributed by atoms with Gasteiger partial charge in [-0.3, -0.25) is 4.99 Å². The van der Waals surface area contributed by atoms with E-state index in [1.165, 1.54) is 0 Å². The lowest BCUT2D eigenvalue weighted by Gasteiger charge is -2.22. The molecule has 0 saturated carbocycles. The van der Waals surface area contributed by atoms with Gasteiger partial charge in [0.2, 0.25) is 0 Å². The predicted molar refractivity (Wildman–Crippen MR) is 85.7 cm³/mol. The van der Waals surface area contributed by atoms with Crippen LogP contribution in [0.2, 0.25) is 0 Å². The molecular weight excluding hydrogens is 337 g/mol. The monoisotopic (exact) mass is 357 g/mol. The first-order valence-electron chi connectivity index (χ1n) is 7.17. The van der Waals surface area contributed by atoms with Gasteiger partial charge in [-0.15, -0.1) is 0 Å². The summed E-state index contributed by atoms with van der Waals surface area (Å²) in [5.74, 6) is 0.307. The fourth-order valence-corrected chi connectivity index (χ4v) is 2.80. The van der Waals surface area contributed by atoms with Crippen LogP contribution in [-0.2, 0) is 0 Å². The van der Waals surface area contributed by atoms with E-state index in [4.69, 9.17) is 4.74 Å². The molecule has 1 heterocycles. The van der Waals surface area contributed by atoms with E-state index in [9.17, 15) is 9.50 Å². The maximum absolute atomic E-state index is 14.6. The van der Waals surface area contributed by atoms with Crippen molar-refractivity contribution in [2.45, 2.75) is 39.2 Å². The summed E-state index contributed by atoms with van der Waals surface area (Å²) in [5.41, 5.74) is 0.398. The highest BCUT2D eigenvalue weighted by Crippen LogP contribution is 2.33. The average Bonchev–Trinajstić information content (AvgIpc) is 2.41. The molecule has 3 nitrogen and oxygen atoms in total. The molecule has 1 atom stereocenters. The molecule has 0 radical (unpaired) electrons. The van der Waals surface area contributed by atoms with Crippen LogP contribution in [0.3, 0.4) is 0 Å². The lowest BCUT2D eigenvalue weighted by atomic mass is 9.91. The molecule has 116 valence electrons. The van der Waals surface area contributed by atoms with Crippen molar-refractivity contribution in [2.75, 3.05) is 13.2 Å². The highest BCUT2D eigenvalue weighted by atomic mass is 79.9. The van der Waals surface area contributed by atoms with E-state index in [-0.39, 0.29) is 22.8 Å². The molecule has 0 amide bonds. The van der Waals surface area contributed by atoms with Gasteiger partial charge in [0.25, 0.3) is 0 Å². The van der Waals surface area contributed by atoms with E-state index in [2.05, 4.69) is 27.8 Å². The number of nitrogens with zero attached hydrogens (tertiary/aromatic N) is 1. The van der Waals surface area contributed by atoms with Gasteiger partial charge in [-0.1, -0.05) is 6.92 Å². The van der Waals surface area contributed by atoms with Gasteiger partial charge >= 0.3 is 0 Å². The van der Waals surface area contributed by atoms with Crippen molar-refractivity contribution >= 4 is 21.6 Å². The fourth-order valence-electron chi connectivity index (χ4n) is 2.34. The van der Waals surface area contributed by atoms with Gasteiger partial charge in [0, 0.05) is 17.8 Å². The van der Waals surface area contributed by atoms with E-state index >= 15 is 0 Å². The Hall–Kier alpha value is -0.940.